The summed E-state index contributed by atoms with van der Waals surface area (Å²) in [5.74, 6) is 1.85. The normalized spacial score (nSPS) is 14.9. The van der Waals surface area contributed by atoms with E-state index in [0.29, 0.717) is 53.8 Å². The summed E-state index contributed by atoms with van der Waals surface area (Å²) in [6, 6.07) is 24.3. The second-order valence-electron chi connectivity index (χ2n) is 13.0. The highest BCUT2D eigenvalue weighted by Gasteiger charge is 2.39. The van der Waals surface area contributed by atoms with Crippen molar-refractivity contribution in [1.82, 2.24) is 0 Å². The third kappa shape index (κ3) is 6.09. The van der Waals surface area contributed by atoms with Crippen LogP contribution in [0.4, 0.5) is 0 Å². The molecule has 0 N–H and O–H groups in total. The van der Waals surface area contributed by atoms with Crippen LogP contribution in [0, 0.1) is 0 Å². The summed E-state index contributed by atoms with van der Waals surface area (Å²) in [5.41, 5.74) is 4.47. The molecule has 3 aliphatic rings. The van der Waals surface area contributed by atoms with Crippen LogP contribution in [0.3, 0.4) is 0 Å². The van der Waals surface area contributed by atoms with E-state index in [9.17, 15) is 14.4 Å². The van der Waals surface area contributed by atoms with E-state index in [4.69, 9.17) is 33.2 Å². The molecular formula is C43H36O10. The highest BCUT2D eigenvalue weighted by atomic mass is 16.7. The maximum Gasteiger partial charge on any atom is 0.342 e. The Hall–Kier alpha value is -6.29. The first-order valence-corrected chi connectivity index (χ1v) is 17.5. The lowest BCUT2D eigenvalue weighted by Crippen LogP contribution is -2.28. The Bertz CT molecular complexity index is 2230. The van der Waals surface area contributed by atoms with E-state index in [-0.39, 0.29) is 83.3 Å². The summed E-state index contributed by atoms with van der Waals surface area (Å²) >= 11 is 0. The molecule has 10 heteroatoms. The third-order valence-corrected chi connectivity index (χ3v) is 9.74. The first-order chi connectivity index (χ1) is 26.0. The molecular weight excluding hydrogens is 676 g/mol. The van der Waals surface area contributed by atoms with Crippen LogP contribution < -0.4 is 28.4 Å². The number of aldehydes is 2. The topological polar surface area (TPSA) is 116 Å². The van der Waals surface area contributed by atoms with Gasteiger partial charge in [0.15, 0.2) is 35.6 Å². The number of methoxy groups -OCH3 is 1. The van der Waals surface area contributed by atoms with Gasteiger partial charge in [-0.1, -0.05) is 74.0 Å². The molecule has 0 aliphatic carbocycles. The van der Waals surface area contributed by atoms with Gasteiger partial charge in [0, 0.05) is 40.7 Å². The van der Waals surface area contributed by atoms with Crippen molar-refractivity contribution < 1.29 is 47.5 Å². The monoisotopic (exact) mass is 712 g/mol. The number of benzene rings is 5. The van der Waals surface area contributed by atoms with Crippen molar-refractivity contribution in [3.05, 3.63) is 123 Å². The average Bonchev–Trinajstić information content (AvgIpc) is 3.68. The second kappa shape index (κ2) is 14.4. The zero-order chi connectivity index (χ0) is 36.5. The number of carbonyl (C=O) groups is 3. The van der Waals surface area contributed by atoms with Crippen LogP contribution in [0.25, 0.3) is 11.1 Å². The number of ether oxygens (including phenoxy) is 7. The van der Waals surface area contributed by atoms with Gasteiger partial charge in [0.2, 0.25) is 6.79 Å². The standard InChI is InChI=1S/C43H36O10/c1-3-10-29-18-27-17-28(20-44)35(42(36(27)43(46)52-29)49-23-26-13-8-5-9-14-26)37-32(21-45)40(47-2)41-31(39(37)48-22-25-11-6-4-7-12-25)19-30-33(53-41)15-16-34-38(30)51-24-50-34/h4-9,11-17,20-21,29H,3,10,18-19,22-24H2,1-2H3/t29-/m1/s1. The van der Waals surface area contributed by atoms with Gasteiger partial charge in [-0.3, -0.25) is 9.59 Å². The maximum atomic E-state index is 14.0. The third-order valence-electron chi connectivity index (χ3n) is 9.74. The molecule has 5 aromatic carbocycles. The SMILES string of the molecule is CCC[C@@H]1Cc2cc(C=O)c(-c3c(C=O)c(OC)c4c(c3OCc3ccccc3)Cc3c(ccc5c3OCO5)O4)c(OCc3ccccc3)c2C(=O)O1. The van der Waals surface area contributed by atoms with Crippen molar-refractivity contribution in [2.45, 2.75) is 51.9 Å². The second-order valence-corrected chi connectivity index (χ2v) is 13.0. The van der Waals surface area contributed by atoms with Crippen molar-refractivity contribution in [2.75, 3.05) is 13.9 Å². The molecule has 0 radical (unpaired) electrons. The molecule has 1 atom stereocenters. The smallest absolute Gasteiger partial charge is 0.342 e. The van der Waals surface area contributed by atoms with E-state index in [1.807, 2.05) is 67.6 Å². The number of fused-ring (bicyclic) bond motifs is 5. The van der Waals surface area contributed by atoms with Gasteiger partial charge in [-0.25, -0.2) is 4.79 Å². The summed E-state index contributed by atoms with van der Waals surface area (Å²) in [6.45, 7) is 2.25. The van der Waals surface area contributed by atoms with Crippen molar-refractivity contribution >= 4 is 18.5 Å². The van der Waals surface area contributed by atoms with E-state index >= 15 is 0 Å². The van der Waals surface area contributed by atoms with E-state index in [1.54, 1.807) is 18.2 Å². The molecule has 3 heterocycles. The Morgan fingerprint density at radius 2 is 1.45 bits per heavy atom. The summed E-state index contributed by atoms with van der Waals surface area (Å²) in [5, 5.41) is 0. The molecule has 5 aromatic rings. The summed E-state index contributed by atoms with van der Waals surface area (Å²) in [4.78, 5) is 40.6. The fraction of sp³-hybridized carbons (Fsp3) is 0.233. The van der Waals surface area contributed by atoms with E-state index in [0.717, 1.165) is 23.1 Å². The zero-order valence-corrected chi connectivity index (χ0v) is 29.3. The summed E-state index contributed by atoms with van der Waals surface area (Å²) < 4.78 is 43.3. The molecule has 0 spiro atoms. The van der Waals surface area contributed by atoms with Crippen LogP contribution in [0.5, 0.6) is 40.2 Å². The molecule has 0 fully saturated rings. The minimum absolute atomic E-state index is 0.0548. The van der Waals surface area contributed by atoms with E-state index in [1.165, 1.54) is 7.11 Å². The Morgan fingerprint density at radius 3 is 2.11 bits per heavy atom. The molecule has 3 aliphatic heterocycles. The van der Waals surface area contributed by atoms with Crippen LogP contribution in [0.1, 0.15) is 78.7 Å². The molecule has 0 saturated heterocycles. The Kier molecular flexibility index (Phi) is 9.18. The van der Waals surface area contributed by atoms with Gasteiger partial charge in [-0.2, -0.15) is 0 Å². The lowest BCUT2D eigenvalue weighted by molar-refractivity contribution is 0.0230. The van der Waals surface area contributed by atoms with Crippen molar-refractivity contribution in [1.29, 1.82) is 0 Å². The Morgan fingerprint density at radius 1 is 0.755 bits per heavy atom. The van der Waals surface area contributed by atoms with Gasteiger partial charge in [0.25, 0.3) is 0 Å². The number of carbonyl (C=O) groups excluding carboxylic acids is 3. The Labute approximate surface area is 306 Å². The molecule has 0 amide bonds. The van der Waals surface area contributed by atoms with Gasteiger partial charge >= 0.3 is 5.97 Å². The van der Waals surface area contributed by atoms with Crippen molar-refractivity contribution in [2.24, 2.45) is 0 Å². The zero-order valence-electron chi connectivity index (χ0n) is 29.3. The van der Waals surface area contributed by atoms with Gasteiger partial charge in [0.05, 0.1) is 12.7 Å². The van der Waals surface area contributed by atoms with Gasteiger partial charge in [-0.05, 0) is 41.3 Å². The van der Waals surface area contributed by atoms with Crippen molar-refractivity contribution in [3.8, 4) is 51.4 Å². The fourth-order valence-corrected chi connectivity index (χ4v) is 7.36. The largest absolute Gasteiger partial charge is 0.492 e. The molecule has 0 unspecified atom stereocenters. The summed E-state index contributed by atoms with van der Waals surface area (Å²) in [7, 11) is 1.45. The summed E-state index contributed by atoms with van der Waals surface area (Å²) in [6.07, 6.45) is 3.13. The number of hydrogen-bond donors (Lipinski definition) is 0. The fourth-order valence-electron chi connectivity index (χ4n) is 7.36. The first kappa shape index (κ1) is 33.8. The quantitative estimate of drug-likeness (QED) is 0.0904. The molecule has 10 nitrogen and oxygen atoms in total. The van der Waals surface area contributed by atoms with Crippen LogP contribution in [-0.4, -0.2) is 38.5 Å². The Balaban J connectivity index is 1.41. The van der Waals surface area contributed by atoms with Crippen LogP contribution in [-0.2, 0) is 30.8 Å². The minimum atomic E-state index is -0.569. The van der Waals surface area contributed by atoms with E-state index in [2.05, 4.69) is 0 Å². The lowest BCUT2D eigenvalue weighted by Gasteiger charge is -2.31. The van der Waals surface area contributed by atoms with Crippen LogP contribution in [0.2, 0.25) is 0 Å². The number of esters is 1. The van der Waals surface area contributed by atoms with Crippen molar-refractivity contribution in [3.63, 3.8) is 0 Å². The van der Waals surface area contributed by atoms with Crippen LogP contribution >= 0.6 is 0 Å². The molecule has 268 valence electrons. The molecule has 8 rings (SSSR count). The lowest BCUT2D eigenvalue weighted by atomic mass is 9.84. The number of cyclic esters (lactones) is 1. The molecule has 0 aromatic heterocycles. The van der Waals surface area contributed by atoms with Gasteiger partial charge in [0.1, 0.15) is 42.1 Å². The number of hydrogen-bond acceptors (Lipinski definition) is 10. The van der Waals surface area contributed by atoms with Gasteiger partial charge < -0.3 is 33.2 Å². The minimum Gasteiger partial charge on any atom is -0.492 e. The predicted octanol–water partition coefficient (Wildman–Crippen LogP) is 8.45. The maximum absolute atomic E-state index is 14.0. The number of rotatable bonds is 12. The highest BCUT2D eigenvalue weighted by molar-refractivity contribution is 6.07. The molecule has 53 heavy (non-hydrogen) atoms. The molecule has 0 saturated carbocycles. The average molecular weight is 713 g/mol. The first-order valence-electron chi connectivity index (χ1n) is 17.5. The van der Waals surface area contributed by atoms with Gasteiger partial charge in [-0.15, -0.1) is 0 Å². The van der Waals surface area contributed by atoms with E-state index < -0.39 is 5.97 Å². The molecule has 0 bridgehead atoms. The highest BCUT2D eigenvalue weighted by Crippen LogP contribution is 2.57. The predicted molar refractivity (Wildman–Crippen MR) is 194 cm³/mol. The van der Waals surface area contributed by atoms with Crippen LogP contribution in [0.15, 0.2) is 78.9 Å².